The first kappa shape index (κ1) is 18.8. The van der Waals surface area contributed by atoms with E-state index in [1.54, 1.807) is 16.0 Å². The molecule has 1 unspecified atom stereocenters. The van der Waals surface area contributed by atoms with Gasteiger partial charge in [0.15, 0.2) is 6.10 Å². The molecule has 2 aliphatic rings. The number of carbonyl (C=O) groups excluding carboxylic acids is 2. The van der Waals surface area contributed by atoms with E-state index in [1.807, 2.05) is 24.6 Å². The van der Waals surface area contributed by atoms with Crippen molar-refractivity contribution >= 4 is 11.8 Å². The highest BCUT2D eigenvalue weighted by molar-refractivity contribution is 5.81. The number of piperidine rings is 1. The fourth-order valence-corrected chi connectivity index (χ4v) is 3.96. The molecule has 144 valence electrons. The number of ether oxygens (including phenoxy) is 1. The fraction of sp³-hybridized carbons (Fsp3) is 0.722. The number of halogens is 1. The van der Waals surface area contributed by atoms with Crippen LogP contribution in [0.5, 0.6) is 0 Å². The Kier molecular flexibility index (Phi) is 5.60. The molecule has 0 N–H and O–H groups in total. The second-order valence-electron chi connectivity index (χ2n) is 6.83. The highest BCUT2D eigenvalue weighted by Crippen LogP contribution is 2.40. The summed E-state index contributed by atoms with van der Waals surface area (Å²) in [6.45, 7) is 5.98. The van der Waals surface area contributed by atoms with Crippen molar-refractivity contribution in [3.8, 4) is 0 Å². The molecule has 0 saturated carbocycles. The zero-order chi connectivity index (χ0) is 18.7. The third-order valence-corrected chi connectivity index (χ3v) is 5.44. The molecule has 0 bridgehead atoms. The summed E-state index contributed by atoms with van der Waals surface area (Å²) in [6, 6.07) is 0. The SMILES string of the molecule is CCN(CC)C(=O)C1Cn2ccnc2C2(CCN(C(=O)CCF)CC2)O1. The molecule has 2 amide bonds. The predicted octanol–water partition coefficient (Wildman–Crippen LogP) is 1.33. The smallest absolute Gasteiger partial charge is 0.253 e. The lowest BCUT2D eigenvalue weighted by molar-refractivity contribution is -0.182. The van der Waals surface area contributed by atoms with Crippen LogP contribution >= 0.6 is 0 Å². The Morgan fingerprint density at radius 3 is 2.65 bits per heavy atom. The summed E-state index contributed by atoms with van der Waals surface area (Å²) in [5.74, 6) is 0.639. The summed E-state index contributed by atoms with van der Waals surface area (Å²) in [5.41, 5.74) is -0.665. The number of hydrogen-bond acceptors (Lipinski definition) is 4. The second kappa shape index (κ2) is 7.73. The molecular weight excluding hydrogens is 339 g/mol. The Labute approximate surface area is 153 Å². The van der Waals surface area contributed by atoms with Crippen LogP contribution in [-0.4, -0.2) is 70.1 Å². The van der Waals surface area contributed by atoms with Crippen LogP contribution in [0.25, 0.3) is 0 Å². The zero-order valence-electron chi connectivity index (χ0n) is 15.5. The number of nitrogens with zero attached hydrogens (tertiary/aromatic N) is 4. The summed E-state index contributed by atoms with van der Waals surface area (Å²) < 4.78 is 20.8. The van der Waals surface area contributed by atoms with Crippen molar-refractivity contribution in [2.75, 3.05) is 32.9 Å². The zero-order valence-corrected chi connectivity index (χ0v) is 15.5. The van der Waals surface area contributed by atoms with Gasteiger partial charge in [-0.3, -0.25) is 14.0 Å². The highest BCUT2D eigenvalue weighted by atomic mass is 19.1. The van der Waals surface area contributed by atoms with Crippen molar-refractivity contribution in [1.29, 1.82) is 0 Å². The maximum absolute atomic E-state index is 12.8. The van der Waals surface area contributed by atoms with Crippen LogP contribution in [0, 0.1) is 0 Å². The molecule has 1 fully saturated rings. The van der Waals surface area contributed by atoms with Gasteiger partial charge in [0.25, 0.3) is 5.91 Å². The maximum Gasteiger partial charge on any atom is 0.253 e. The molecule has 8 heteroatoms. The summed E-state index contributed by atoms with van der Waals surface area (Å²) in [6.07, 6.45) is 4.10. The Bertz CT molecular complexity index is 651. The molecule has 3 heterocycles. The average molecular weight is 366 g/mol. The van der Waals surface area contributed by atoms with E-state index < -0.39 is 18.4 Å². The quantitative estimate of drug-likeness (QED) is 0.788. The number of imidazole rings is 1. The van der Waals surface area contributed by atoms with Crippen LogP contribution < -0.4 is 0 Å². The molecule has 0 aliphatic carbocycles. The topological polar surface area (TPSA) is 67.7 Å². The van der Waals surface area contributed by atoms with Crippen LogP contribution in [0.4, 0.5) is 4.39 Å². The van der Waals surface area contributed by atoms with E-state index in [9.17, 15) is 14.0 Å². The van der Waals surface area contributed by atoms with Gasteiger partial charge in [0.2, 0.25) is 5.91 Å². The summed E-state index contributed by atoms with van der Waals surface area (Å²) >= 11 is 0. The Balaban J connectivity index is 1.79. The molecule has 3 rings (SSSR count). The Morgan fingerprint density at radius 1 is 1.35 bits per heavy atom. The third-order valence-electron chi connectivity index (χ3n) is 5.44. The average Bonchev–Trinajstić information content (AvgIpc) is 3.13. The van der Waals surface area contributed by atoms with Gasteiger partial charge in [-0.25, -0.2) is 4.98 Å². The van der Waals surface area contributed by atoms with E-state index >= 15 is 0 Å². The van der Waals surface area contributed by atoms with E-state index in [0.29, 0.717) is 45.6 Å². The first-order valence-corrected chi connectivity index (χ1v) is 9.36. The van der Waals surface area contributed by atoms with Crippen LogP contribution in [0.2, 0.25) is 0 Å². The normalized spacial score (nSPS) is 21.5. The van der Waals surface area contributed by atoms with E-state index in [-0.39, 0.29) is 18.2 Å². The fourth-order valence-electron chi connectivity index (χ4n) is 3.96. The third kappa shape index (κ3) is 3.34. The molecule has 1 saturated heterocycles. The number of hydrogen-bond donors (Lipinski definition) is 0. The molecule has 0 aromatic carbocycles. The maximum atomic E-state index is 12.8. The van der Waals surface area contributed by atoms with Gasteiger partial charge in [0.1, 0.15) is 11.4 Å². The van der Waals surface area contributed by atoms with Gasteiger partial charge in [0.05, 0.1) is 19.6 Å². The number of carbonyl (C=O) groups is 2. The molecule has 7 nitrogen and oxygen atoms in total. The van der Waals surface area contributed by atoms with Crippen molar-refractivity contribution in [1.82, 2.24) is 19.4 Å². The number of likely N-dealkylation sites (N-methyl/N-ethyl adjacent to an activating group) is 1. The van der Waals surface area contributed by atoms with Gasteiger partial charge in [-0.15, -0.1) is 0 Å². The van der Waals surface area contributed by atoms with Crippen LogP contribution in [0.3, 0.4) is 0 Å². The van der Waals surface area contributed by atoms with Gasteiger partial charge >= 0.3 is 0 Å². The minimum absolute atomic E-state index is 0.00957. The first-order valence-electron chi connectivity index (χ1n) is 9.36. The molecule has 2 aliphatic heterocycles. The molecule has 1 atom stereocenters. The van der Waals surface area contributed by atoms with Gasteiger partial charge in [-0.05, 0) is 13.8 Å². The van der Waals surface area contributed by atoms with Gasteiger partial charge in [-0.2, -0.15) is 0 Å². The lowest BCUT2D eigenvalue weighted by Gasteiger charge is -2.46. The standard InChI is InChI=1S/C18H27FN4O3/c1-3-21(4-2)16(25)14-13-23-12-9-20-17(23)18(26-14)6-10-22(11-7-18)15(24)5-8-19/h9,12,14H,3-8,10-11,13H2,1-2H3. The molecular formula is C18H27FN4O3. The highest BCUT2D eigenvalue weighted by Gasteiger charge is 2.48. The number of rotatable bonds is 5. The van der Waals surface area contributed by atoms with Crippen molar-refractivity contribution in [2.45, 2.75) is 51.4 Å². The predicted molar refractivity (Wildman–Crippen MR) is 93.1 cm³/mol. The van der Waals surface area contributed by atoms with Crippen LogP contribution in [-0.2, 0) is 26.5 Å². The van der Waals surface area contributed by atoms with Crippen molar-refractivity contribution in [2.24, 2.45) is 0 Å². The van der Waals surface area contributed by atoms with E-state index in [4.69, 9.17) is 4.74 Å². The van der Waals surface area contributed by atoms with Gasteiger partial charge < -0.3 is 19.1 Å². The molecule has 1 spiro atoms. The number of alkyl halides is 1. The van der Waals surface area contributed by atoms with Crippen LogP contribution in [0.15, 0.2) is 12.4 Å². The number of aromatic nitrogens is 2. The summed E-state index contributed by atoms with van der Waals surface area (Å²) in [7, 11) is 0. The van der Waals surface area contributed by atoms with Gasteiger partial charge in [0, 0.05) is 51.4 Å². The lowest BCUT2D eigenvalue weighted by atomic mass is 9.88. The van der Waals surface area contributed by atoms with E-state index in [1.165, 1.54) is 0 Å². The second-order valence-corrected chi connectivity index (χ2v) is 6.83. The Morgan fingerprint density at radius 2 is 2.04 bits per heavy atom. The lowest BCUT2D eigenvalue weighted by Crippen LogP contribution is -2.55. The van der Waals surface area contributed by atoms with Crippen LogP contribution in [0.1, 0.15) is 38.9 Å². The first-order chi connectivity index (χ1) is 12.5. The minimum Gasteiger partial charge on any atom is -0.352 e. The van der Waals surface area contributed by atoms with E-state index in [2.05, 4.69) is 4.98 Å². The van der Waals surface area contributed by atoms with Crippen molar-refractivity contribution in [3.63, 3.8) is 0 Å². The summed E-state index contributed by atoms with van der Waals surface area (Å²) in [4.78, 5) is 32.7. The molecule has 1 aromatic heterocycles. The van der Waals surface area contributed by atoms with E-state index in [0.717, 1.165) is 5.82 Å². The Hall–Kier alpha value is -1.96. The number of fused-ring (bicyclic) bond motifs is 2. The minimum atomic E-state index is -0.665. The molecule has 26 heavy (non-hydrogen) atoms. The largest absolute Gasteiger partial charge is 0.352 e. The summed E-state index contributed by atoms with van der Waals surface area (Å²) in [5, 5.41) is 0. The molecule has 0 radical (unpaired) electrons. The molecule has 1 aromatic rings. The van der Waals surface area contributed by atoms with Gasteiger partial charge in [-0.1, -0.05) is 0 Å². The monoisotopic (exact) mass is 366 g/mol. The number of amides is 2. The van der Waals surface area contributed by atoms with Crippen molar-refractivity contribution in [3.05, 3.63) is 18.2 Å². The van der Waals surface area contributed by atoms with Crippen molar-refractivity contribution < 1.29 is 18.7 Å². The number of likely N-dealkylation sites (tertiary alicyclic amines) is 1.